The van der Waals surface area contributed by atoms with E-state index in [2.05, 4.69) is 25.7 Å². The lowest BCUT2D eigenvalue weighted by molar-refractivity contribution is -0.0324. The van der Waals surface area contributed by atoms with Gasteiger partial charge in [-0.05, 0) is 37.8 Å². The zero-order chi connectivity index (χ0) is 13.6. The van der Waals surface area contributed by atoms with Gasteiger partial charge in [0.25, 0.3) is 0 Å². The van der Waals surface area contributed by atoms with Crippen molar-refractivity contribution in [2.24, 2.45) is 11.1 Å². The normalized spacial score (nSPS) is 20.3. The molecule has 3 N–H and O–H groups in total. The molecular weight excluding hydrogens is 224 g/mol. The van der Waals surface area contributed by atoms with Crippen LogP contribution in [0.25, 0.3) is 0 Å². The maximum Gasteiger partial charge on any atom is 0.0774 e. The molecule has 0 aliphatic heterocycles. The number of hydrogen-bond donors (Lipinski definition) is 2. The van der Waals surface area contributed by atoms with Crippen LogP contribution in [-0.2, 0) is 0 Å². The van der Waals surface area contributed by atoms with Crippen molar-refractivity contribution >= 4 is 0 Å². The average molecular weight is 256 g/mol. The molecule has 3 heteroatoms. The summed E-state index contributed by atoms with van der Waals surface area (Å²) in [6.07, 6.45) is 6.71. The Bertz CT molecular complexity index is 235. The molecule has 0 atom stereocenters. The standard InChI is InChI=1S/C15H32N2O/c1-4-10-17(12-14(2,3)11-16)13-15(18)8-6-5-7-9-15/h18H,4-13,16H2,1-3H3. The van der Waals surface area contributed by atoms with Gasteiger partial charge >= 0.3 is 0 Å². The molecule has 0 spiro atoms. The molecule has 0 saturated heterocycles. The predicted octanol–water partition coefficient (Wildman–Crippen LogP) is 2.38. The van der Waals surface area contributed by atoms with Gasteiger partial charge in [-0.2, -0.15) is 0 Å². The molecule has 0 amide bonds. The van der Waals surface area contributed by atoms with Crippen LogP contribution < -0.4 is 5.73 Å². The Morgan fingerprint density at radius 2 is 1.83 bits per heavy atom. The highest BCUT2D eigenvalue weighted by Gasteiger charge is 2.32. The number of nitrogens with zero attached hydrogens (tertiary/aromatic N) is 1. The van der Waals surface area contributed by atoms with Crippen LogP contribution in [0.2, 0.25) is 0 Å². The highest BCUT2D eigenvalue weighted by atomic mass is 16.3. The Hall–Kier alpha value is -0.120. The lowest BCUT2D eigenvalue weighted by atomic mass is 9.83. The van der Waals surface area contributed by atoms with E-state index in [1.54, 1.807) is 0 Å². The van der Waals surface area contributed by atoms with Crippen LogP contribution in [0.5, 0.6) is 0 Å². The van der Waals surface area contributed by atoms with Gasteiger partial charge in [0, 0.05) is 13.1 Å². The molecule has 0 radical (unpaired) electrons. The van der Waals surface area contributed by atoms with E-state index in [1.165, 1.54) is 19.3 Å². The van der Waals surface area contributed by atoms with Gasteiger partial charge < -0.3 is 10.8 Å². The van der Waals surface area contributed by atoms with Gasteiger partial charge in [0.1, 0.15) is 0 Å². The second-order valence-corrected chi connectivity index (χ2v) is 6.86. The van der Waals surface area contributed by atoms with Crippen LogP contribution in [0, 0.1) is 5.41 Å². The Morgan fingerprint density at radius 3 is 2.33 bits per heavy atom. The lowest BCUT2D eigenvalue weighted by Gasteiger charge is -2.39. The molecule has 0 aromatic heterocycles. The summed E-state index contributed by atoms with van der Waals surface area (Å²) in [6.45, 7) is 10.2. The second-order valence-electron chi connectivity index (χ2n) is 6.86. The molecule has 1 fully saturated rings. The van der Waals surface area contributed by atoms with Gasteiger partial charge in [0.05, 0.1) is 5.60 Å². The third-order valence-corrected chi connectivity index (χ3v) is 4.05. The van der Waals surface area contributed by atoms with E-state index < -0.39 is 5.60 Å². The summed E-state index contributed by atoms with van der Waals surface area (Å²) in [5, 5.41) is 10.7. The molecule has 18 heavy (non-hydrogen) atoms. The van der Waals surface area contributed by atoms with Gasteiger partial charge in [-0.3, -0.25) is 4.90 Å². The predicted molar refractivity (Wildman–Crippen MR) is 77.6 cm³/mol. The minimum absolute atomic E-state index is 0.139. The van der Waals surface area contributed by atoms with Crippen molar-refractivity contribution < 1.29 is 5.11 Å². The molecule has 0 aromatic rings. The highest BCUT2D eigenvalue weighted by Crippen LogP contribution is 2.29. The van der Waals surface area contributed by atoms with Crippen molar-refractivity contribution in [2.75, 3.05) is 26.2 Å². The first-order valence-electron chi connectivity index (χ1n) is 7.56. The minimum Gasteiger partial charge on any atom is -0.389 e. The molecule has 108 valence electrons. The molecule has 1 rings (SSSR count). The number of hydrogen-bond acceptors (Lipinski definition) is 3. The van der Waals surface area contributed by atoms with Crippen LogP contribution in [0.1, 0.15) is 59.3 Å². The Morgan fingerprint density at radius 1 is 1.22 bits per heavy atom. The van der Waals surface area contributed by atoms with Crippen molar-refractivity contribution in [3.63, 3.8) is 0 Å². The SMILES string of the molecule is CCCN(CC(C)(C)CN)CC1(O)CCCCC1. The second kappa shape index (κ2) is 6.88. The smallest absolute Gasteiger partial charge is 0.0774 e. The summed E-state index contributed by atoms with van der Waals surface area (Å²) in [5.74, 6) is 0. The Labute approximate surface area is 113 Å². The van der Waals surface area contributed by atoms with Crippen LogP contribution in [0.4, 0.5) is 0 Å². The zero-order valence-corrected chi connectivity index (χ0v) is 12.5. The quantitative estimate of drug-likeness (QED) is 0.735. The van der Waals surface area contributed by atoms with Crippen LogP contribution >= 0.6 is 0 Å². The van der Waals surface area contributed by atoms with Crippen molar-refractivity contribution in [3.05, 3.63) is 0 Å². The zero-order valence-electron chi connectivity index (χ0n) is 12.5. The van der Waals surface area contributed by atoms with Gasteiger partial charge in [-0.15, -0.1) is 0 Å². The third kappa shape index (κ3) is 5.25. The average Bonchev–Trinajstić information content (AvgIpc) is 2.29. The number of aliphatic hydroxyl groups is 1. The summed E-state index contributed by atoms with van der Waals surface area (Å²) in [4.78, 5) is 2.41. The molecule has 0 aromatic carbocycles. The summed E-state index contributed by atoms with van der Waals surface area (Å²) >= 11 is 0. The summed E-state index contributed by atoms with van der Waals surface area (Å²) < 4.78 is 0. The number of nitrogens with two attached hydrogens (primary N) is 1. The fourth-order valence-electron chi connectivity index (χ4n) is 2.98. The maximum atomic E-state index is 10.7. The highest BCUT2D eigenvalue weighted by molar-refractivity contribution is 4.87. The van der Waals surface area contributed by atoms with Crippen molar-refractivity contribution in [2.45, 2.75) is 64.9 Å². The van der Waals surface area contributed by atoms with E-state index in [0.29, 0.717) is 6.54 Å². The maximum absolute atomic E-state index is 10.7. The fourth-order valence-corrected chi connectivity index (χ4v) is 2.98. The van der Waals surface area contributed by atoms with E-state index >= 15 is 0 Å². The molecule has 1 aliphatic carbocycles. The van der Waals surface area contributed by atoms with Crippen LogP contribution in [-0.4, -0.2) is 41.8 Å². The van der Waals surface area contributed by atoms with Crippen molar-refractivity contribution in [1.82, 2.24) is 4.90 Å². The van der Waals surface area contributed by atoms with Crippen LogP contribution in [0.15, 0.2) is 0 Å². The topological polar surface area (TPSA) is 49.5 Å². The molecular formula is C15H32N2O. The summed E-state index contributed by atoms with van der Waals surface area (Å²) in [5.41, 5.74) is 5.52. The Balaban J connectivity index is 2.55. The van der Waals surface area contributed by atoms with E-state index in [0.717, 1.165) is 38.9 Å². The lowest BCUT2D eigenvalue weighted by Crippen LogP contribution is -2.48. The summed E-state index contributed by atoms with van der Waals surface area (Å²) in [7, 11) is 0. The van der Waals surface area contributed by atoms with Crippen molar-refractivity contribution in [3.8, 4) is 0 Å². The fraction of sp³-hybridized carbons (Fsp3) is 1.00. The molecule has 0 heterocycles. The van der Waals surface area contributed by atoms with Gasteiger partial charge in [0.2, 0.25) is 0 Å². The molecule has 1 aliphatic rings. The first-order valence-corrected chi connectivity index (χ1v) is 7.56. The van der Waals surface area contributed by atoms with E-state index in [1.807, 2.05) is 0 Å². The van der Waals surface area contributed by atoms with Gasteiger partial charge in [0.15, 0.2) is 0 Å². The van der Waals surface area contributed by atoms with Crippen molar-refractivity contribution in [1.29, 1.82) is 0 Å². The van der Waals surface area contributed by atoms with Gasteiger partial charge in [-0.25, -0.2) is 0 Å². The van der Waals surface area contributed by atoms with E-state index in [4.69, 9.17) is 5.73 Å². The first kappa shape index (κ1) is 15.9. The molecule has 3 nitrogen and oxygen atoms in total. The van der Waals surface area contributed by atoms with Gasteiger partial charge in [-0.1, -0.05) is 40.0 Å². The first-order chi connectivity index (χ1) is 8.41. The molecule has 0 bridgehead atoms. The molecule has 0 unspecified atom stereocenters. The number of rotatable bonds is 7. The van der Waals surface area contributed by atoms with Crippen LogP contribution in [0.3, 0.4) is 0 Å². The Kier molecular flexibility index (Phi) is 6.09. The monoisotopic (exact) mass is 256 g/mol. The molecule has 1 saturated carbocycles. The van der Waals surface area contributed by atoms with E-state index in [9.17, 15) is 5.11 Å². The minimum atomic E-state index is -0.446. The third-order valence-electron chi connectivity index (χ3n) is 4.05. The largest absolute Gasteiger partial charge is 0.389 e. The van der Waals surface area contributed by atoms with E-state index in [-0.39, 0.29) is 5.41 Å². The summed E-state index contributed by atoms with van der Waals surface area (Å²) in [6, 6.07) is 0.